The van der Waals surface area contributed by atoms with Crippen LogP contribution in [0.2, 0.25) is 0 Å². The van der Waals surface area contributed by atoms with Gasteiger partial charge in [0.2, 0.25) is 0 Å². The SMILES string of the molecule is Cc1nc(-c2ccccc2)sc1C(=O)NNC(=O)c1ccccc1F. The van der Waals surface area contributed by atoms with E-state index >= 15 is 0 Å². The molecule has 0 radical (unpaired) electrons. The molecule has 2 amide bonds. The van der Waals surface area contributed by atoms with Crippen molar-refractivity contribution in [3.63, 3.8) is 0 Å². The minimum absolute atomic E-state index is 0.145. The fraction of sp³-hybridized carbons (Fsp3) is 0.0556. The summed E-state index contributed by atoms with van der Waals surface area (Å²) in [6.07, 6.45) is 0. The molecule has 0 fully saturated rings. The first-order valence-corrected chi connectivity index (χ1v) is 8.26. The number of halogens is 1. The van der Waals surface area contributed by atoms with Crippen LogP contribution in [0.4, 0.5) is 4.39 Å². The van der Waals surface area contributed by atoms with Crippen molar-refractivity contribution in [3.8, 4) is 10.6 Å². The number of hydrogen-bond acceptors (Lipinski definition) is 4. The van der Waals surface area contributed by atoms with E-state index in [9.17, 15) is 14.0 Å². The Bertz CT molecular complexity index is 925. The predicted molar refractivity (Wildman–Crippen MR) is 93.6 cm³/mol. The molecule has 126 valence electrons. The fourth-order valence-corrected chi connectivity index (χ4v) is 3.16. The van der Waals surface area contributed by atoms with E-state index in [1.54, 1.807) is 13.0 Å². The van der Waals surface area contributed by atoms with Crippen molar-refractivity contribution in [3.05, 3.63) is 76.5 Å². The molecule has 0 saturated carbocycles. The summed E-state index contributed by atoms with van der Waals surface area (Å²) < 4.78 is 13.6. The number of hydrogen-bond donors (Lipinski definition) is 2. The number of aryl methyl sites for hydroxylation is 1. The first-order chi connectivity index (χ1) is 12.1. The number of amides is 2. The minimum atomic E-state index is -0.725. The summed E-state index contributed by atoms with van der Waals surface area (Å²) in [7, 11) is 0. The number of aromatic nitrogens is 1. The van der Waals surface area contributed by atoms with E-state index in [2.05, 4.69) is 15.8 Å². The predicted octanol–water partition coefficient (Wildman–Crippen LogP) is 3.33. The molecule has 25 heavy (non-hydrogen) atoms. The average Bonchev–Trinajstić information content (AvgIpc) is 3.02. The van der Waals surface area contributed by atoms with Gasteiger partial charge in [0, 0.05) is 5.56 Å². The van der Waals surface area contributed by atoms with Crippen molar-refractivity contribution in [2.75, 3.05) is 0 Å². The van der Waals surface area contributed by atoms with Crippen LogP contribution in [0.15, 0.2) is 54.6 Å². The molecule has 0 unspecified atom stereocenters. The standard InChI is InChI=1S/C18H14FN3O2S/c1-11-15(25-18(20-11)12-7-3-2-4-8-12)17(24)22-21-16(23)13-9-5-6-10-14(13)19/h2-10H,1H3,(H,21,23)(H,22,24). The molecule has 0 atom stereocenters. The number of hydrazine groups is 1. The van der Waals surface area contributed by atoms with E-state index in [4.69, 9.17) is 0 Å². The van der Waals surface area contributed by atoms with E-state index in [-0.39, 0.29) is 5.56 Å². The maximum Gasteiger partial charge on any atom is 0.281 e. The molecule has 0 aliphatic rings. The normalized spacial score (nSPS) is 10.3. The molecule has 0 aliphatic carbocycles. The number of benzene rings is 2. The zero-order chi connectivity index (χ0) is 17.8. The maximum absolute atomic E-state index is 13.6. The number of nitrogens with zero attached hydrogens (tertiary/aromatic N) is 1. The van der Waals surface area contributed by atoms with Crippen LogP contribution in [-0.2, 0) is 0 Å². The van der Waals surface area contributed by atoms with E-state index < -0.39 is 17.6 Å². The molecule has 5 nitrogen and oxygen atoms in total. The highest BCUT2D eigenvalue weighted by Crippen LogP contribution is 2.27. The molecule has 7 heteroatoms. The molecule has 2 N–H and O–H groups in total. The highest BCUT2D eigenvalue weighted by atomic mass is 32.1. The van der Waals surface area contributed by atoms with Gasteiger partial charge in [-0.15, -0.1) is 11.3 Å². The van der Waals surface area contributed by atoms with E-state index in [0.29, 0.717) is 15.6 Å². The van der Waals surface area contributed by atoms with Crippen LogP contribution in [0, 0.1) is 12.7 Å². The third-order valence-electron chi connectivity index (χ3n) is 3.43. The Labute approximate surface area is 147 Å². The van der Waals surface area contributed by atoms with Crippen LogP contribution in [-0.4, -0.2) is 16.8 Å². The first kappa shape index (κ1) is 16.8. The van der Waals surface area contributed by atoms with E-state index in [0.717, 1.165) is 5.56 Å². The second-order valence-corrected chi connectivity index (χ2v) is 6.19. The van der Waals surface area contributed by atoms with Crippen LogP contribution in [0.5, 0.6) is 0 Å². The summed E-state index contributed by atoms with van der Waals surface area (Å²) in [4.78, 5) is 29.0. The molecule has 0 bridgehead atoms. The van der Waals surface area contributed by atoms with Gasteiger partial charge in [0.1, 0.15) is 15.7 Å². The lowest BCUT2D eigenvalue weighted by Gasteiger charge is -2.07. The fourth-order valence-electron chi connectivity index (χ4n) is 2.19. The largest absolute Gasteiger partial charge is 0.281 e. The Hall–Kier alpha value is -3.06. The molecule has 2 aromatic carbocycles. The third kappa shape index (κ3) is 3.72. The highest BCUT2D eigenvalue weighted by Gasteiger charge is 2.18. The molecule has 1 aromatic heterocycles. The Kier molecular flexibility index (Phi) is 4.85. The quantitative estimate of drug-likeness (QED) is 0.708. The van der Waals surface area contributed by atoms with Gasteiger partial charge in [-0.3, -0.25) is 20.4 Å². The summed E-state index contributed by atoms with van der Waals surface area (Å²) in [6.45, 7) is 1.72. The molecule has 0 saturated heterocycles. The zero-order valence-electron chi connectivity index (χ0n) is 13.2. The van der Waals surface area contributed by atoms with Gasteiger partial charge in [0.25, 0.3) is 11.8 Å². The van der Waals surface area contributed by atoms with Crippen LogP contribution >= 0.6 is 11.3 Å². The smallest absolute Gasteiger partial charge is 0.267 e. The Balaban J connectivity index is 1.71. The van der Waals surface area contributed by atoms with Crippen LogP contribution in [0.1, 0.15) is 25.7 Å². The van der Waals surface area contributed by atoms with Crippen molar-refractivity contribution < 1.29 is 14.0 Å². The molecule has 0 aliphatic heterocycles. The van der Waals surface area contributed by atoms with Gasteiger partial charge in [0.05, 0.1) is 11.3 Å². The maximum atomic E-state index is 13.6. The Morgan fingerprint density at radius 1 is 0.960 bits per heavy atom. The summed E-state index contributed by atoms with van der Waals surface area (Å²) >= 11 is 1.22. The second kappa shape index (κ2) is 7.23. The molecule has 1 heterocycles. The summed E-state index contributed by atoms with van der Waals surface area (Å²) in [5.41, 5.74) is 5.83. The van der Waals surface area contributed by atoms with Gasteiger partial charge in [-0.1, -0.05) is 42.5 Å². The average molecular weight is 355 g/mol. The lowest BCUT2D eigenvalue weighted by molar-refractivity contribution is 0.0846. The number of carbonyl (C=O) groups is 2. The van der Waals surface area contributed by atoms with Crippen LogP contribution < -0.4 is 10.9 Å². The summed E-state index contributed by atoms with van der Waals surface area (Å²) in [5, 5.41) is 0.712. The zero-order valence-corrected chi connectivity index (χ0v) is 14.1. The van der Waals surface area contributed by atoms with Gasteiger partial charge in [-0.05, 0) is 19.1 Å². The second-order valence-electron chi connectivity index (χ2n) is 5.19. The molecule has 3 rings (SSSR count). The molecular formula is C18H14FN3O2S. The van der Waals surface area contributed by atoms with Crippen molar-refractivity contribution in [2.45, 2.75) is 6.92 Å². The number of carbonyl (C=O) groups excluding carboxylic acids is 2. The number of nitrogens with one attached hydrogen (secondary N) is 2. The van der Waals surface area contributed by atoms with Gasteiger partial charge in [-0.25, -0.2) is 9.37 Å². The van der Waals surface area contributed by atoms with Crippen molar-refractivity contribution in [2.24, 2.45) is 0 Å². The lowest BCUT2D eigenvalue weighted by atomic mass is 10.2. The molecule has 0 spiro atoms. The van der Waals surface area contributed by atoms with E-state index in [1.807, 2.05) is 30.3 Å². The van der Waals surface area contributed by atoms with E-state index in [1.165, 1.54) is 29.5 Å². The lowest BCUT2D eigenvalue weighted by Crippen LogP contribution is -2.41. The summed E-state index contributed by atoms with van der Waals surface area (Å²) in [5.74, 6) is -1.88. The topological polar surface area (TPSA) is 71.1 Å². The van der Waals surface area contributed by atoms with Gasteiger partial charge in [-0.2, -0.15) is 0 Å². The van der Waals surface area contributed by atoms with Crippen molar-refractivity contribution in [1.29, 1.82) is 0 Å². The number of thiazole rings is 1. The number of rotatable bonds is 3. The van der Waals surface area contributed by atoms with Crippen molar-refractivity contribution >= 4 is 23.2 Å². The molecule has 3 aromatic rings. The highest BCUT2D eigenvalue weighted by molar-refractivity contribution is 7.17. The third-order valence-corrected chi connectivity index (χ3v) is 4.64. The Morgan fingerprint density at radius 3 is 2.32 bits per heavy atom. The minimum Gasteiger partial charge on any atom is -0.267 e. The van der Waals surface area contributed by atoms with Gasteiger partial charge in [0.15, 0.2) is 0 Å². The first-order valence-electron chi connectivity index (χ1n) is 7.44. The van der Waals surface area contributed by atoms with Gasteiger partial charge >= 0.3 is 0 Å². The molecular weight excluding hydrogens is 341 g/mol. The van der Waals surface area contributed by atoms with Crippen LogP contribution in [0.25, 0.3) is 10.6 Å². The van der Waals surface area contributed by atoms with Gasteiger partial charge < -0.3 is 0 Å². The van der Waals surface area contributed by atoms with Crippen molar-refractivity contribution in [1.82, 2.24) is 15.8 Å². The summed E-state index contributed by atoms with van der Waals surface area (Å²) in [6, 6.07) is 15.0. The Morgan fingerprint density at radius 2 is 1.60 bits per heavy atom. The van der Waals surface area contributed by atoms with Crippen LogP contribution in [0.3, 0.4) is 0 Å². The monoisotopic (exact) mass is 355 g/mol.